The monoisotopic (exact) mass is 295 g/mol. The van der Waals surface area contributed by atoms with Gasteiger partial charge in [0.05, 0.1) is 17.0 Å². The van der Waals surface area contributed by atoms with Crippen LogP contribution in [0.4, 0.5) is 5.69 Å². The Hall–Kier alpha value is -2.19. The average Bonchev–Trinajstić information content (AvgIpc) is 2.37. The lowest BCUT2D eigenvalue weighted by atomic mass is 10.1. The number of hydrogen-bond acceptors (Lipinski definition) is 5. The molecular formula is C12H13N3O4S. The number of carboxylic acid groups (broad SMARTS) is 1. The molecule has 20 heavy (non-hydrogen) atoms. The van der Waals surface area contributed by atoms with Crippen LogP contribution >= 0.6 is 0 Å². The highest BCUT2D eigenvalue weighted by atomic mass is 32.2. The van der Waals surface area contributed by atoms with E-state index in [0.717, 1.165) is 0 Å². The molecule has 8 heteroatoms. The summed E-state index contributed by atoms with van der Waals surface area (Å²) in [5.41, 5.74) is 0.945. The molecule has 0 fully saturated rings. The number of carbonyl (C=O) groups is 1. The summed E-state index contributed by atoms with van der Waals surface area (Å²) in [4.78, 5) is 15.3. The third-order valence-corrected chi connectivity index (χ3v) is 3.47. The fourth-order valence-electron chi connectivity index (χ4n) is 1.81. The smallest absolute Gasteiger partial charge is 0.339 e. The van der Waals surface area contributed by atoms with Crippen molar-refractivity contribution in [1.29, 1.82) is 0 Å². The molecule has 0 amide bonds. The minimum absolute atomic E-state index is 0.0156. The molecule has 0 atom stereocenters. The molecule has 0 aliphatic carbocycles. The van der Waals surface area contributed by atoms with Crippen LogP contribution in [0.15, 0.2) is 30.5 Å². The minimum atomic E-state index is -3.61. The summed E-state index contributed by atoms with van der Waals surface area (Å²) >= 11 is 0. The molecule has 0 spiro atoms. The van der Waals surface area contributed by atoms with Gasteiger partial charge in [0.1, 0.15) is 5.56 Å². The van der Waals surface area contributed by atoms with Crippen molar-refractivity contribution >= 4 is 32.6 Å². The van der Waals surface area contributed by atoms with Gasteiger partial charge in [0.2, 0.25) is 10.0 Å². The normalized spacial score (nSPS) is 11.4. The largest absolute Gasteiger partial charge is 0.478 e. The third kappa shape index (κ3) is 3.22. The summed E-state index contributed by atoms with van der Waals surface area (Å²) in [6.45, 7) is 0.0210. The van der Waals surface area contributed by atoms with Crippen molar-refractivity contribution < 1.29 is 18.3 Å². The van der Waals surface area contributed by atoms with E-state index >= 15 is 0 Å². The van der Waals surface area contributed by atoms with Gasteiger partial charge >= 0.3 is 5.97 Å². The molecule has 1 aromatic heterocycles. The molecule has 0 bridgehead atoms. The molecule has 0 saturated carbocycles. The van der Waals surface area contributed by atoms with Crippen molar-refractivity contribution in [2.45, 2.75) is 0 Å². The number of carboxylic acids is 1. The zero-order valence-corrected chi connectivity index (χ0v) is 11.2. The van der Waals surface area contributed by atoms with E-state index in [1.54, 1.807) is 24.3 Å². The van der Waals surface area contributed by atoms with E-state index in [4.69, 9.17) is 10.2 Å². The Kier molecular flexibility index (Phi) is 3.86. The van der Waals surface area contributed by atoms with E-state index in [1.165, 1.54) is 6.20 Å². The van der Waals surface area contributed by atoms with E-state index in [2.05, 4.69) is 10.3 Å². The topological polar surface area (TPSA) is 122 Å². The molecule has 0 radical (unpaired) electrons. The number of nitrogens with one attached hydrogen (secondary N) is 1. The molecule has 4 N–H and O–H groups in total. The van der Waals surface area contributed by atoms with Crippen LogP contribution in [-0.2, 0) is 10.0 Å². The highest BCUT2D eigenvalue weighted by Crippen LogP contribution is 2.25. The van der Waals surface area contributed by atoms with Gasteiger partial charge in [-0.05, 0) is 6.07 Å². The quantitative estimate of drug-likeness (QED) is 0.743. The highest BCUT2D eigenvalue weighted by molar-refractivity contribution is 7.89. The van der Waals surface area contributed by atoms with E-state index in [-0.39, 0.29) is 17.9 Å². The number of sulfonamides is 1. The zero-order valence-electron chi connectivity index (χ0n) is 10.4. The number of rotatable bonds is 5. The van der Waals surface area contributed by atoms with Crippen LogP contribution in [0.25, 0.3) is 10.9 Å². The maximum Gasteiger partial charge on any atom is 0.339 e. The second-order valence-corrected chi connectivity index (χ2v) is 5.90. The van der Waals surface area contributed by atoms with E-state index in [9.17, 15) is 13.2 Å². The molecular weight excluding hydrogens is 282 g/mol. The van der Waals surface area contributed by atoms with Gasteiger partial charge in [-0.1, -0.05) is 18.2 Å². The maximum absolute atomic E-state index is 11.2. The molecule has 0 saturated heterocycles. The van der Waals surface area contributed by atoms with Gasteiger partial charge in [-0.2, -0.15) is 0 Å². The fourth-order valence-corrected chi connectivity index (χ4v) is 2.20. The molecule has 0 unspecified atom stereocenters. The van der Waals surface area contributed by atoms with Crippen molar-refractivity contribution in [3.05, 3.63) is 36.0 Å². The Labute approximate surface area is 115 Å². The standard InChI is InChI=1S/C12H13N3O4S/c13-20(18,19)6-5-14-11-8-3-1-2-4-10(8)15-7-9(11)12(16)17/h1-4,7H,5-6H2,(H,14,15)(H,16,17)(H2,13,18,19). The number of benzene rings is 1. The predicted octanol–water partition coefficient (Wildman–Crippen LogP) is 0.633. The number of aromatic nitrogens is 1. The first-order chi connectivity index (χ1) is 9.38. The van der Waals surface area contributed by atoms with Crippen molar-refractivity contribution in [2.75, 3.05) is 17.6 Å². The minimum Gasteiger partial charge on any atom is -0.478 e. The maximum atomic E-state index is 11.2. The molecule has 2 aromatic rings. The van der Waals surface area contributed by atoms with Gasteiger partial charge in [0.15, 0.2) is 0 Å². The Bertz CT molecular complexity index is 758. The number of hydrogen-bond donors (Lipinski definition) is 3. The third-order valence-electron chi connectivity index (χ3n) is 2.69. The number of para-hydroxylation sites is 1. The number of nitrogens with two attached hydrogens (primary N) is 1. The molecule has 7 nitrogen and oxygen atoms in total. The summed E-state index contributed by atoms with van der Waals surface area (Å²) in [5.74, 6) is -1.43. The molecule has 0 aliphatic rings. The van der Waals surface area contributed by atoms with Crippen LogP contribution in [0.1, 0.15) is 10.4 Å². The number of nitrogens with zero attached hydrogens (tertiary/aromatic N) is 1. The number of fused-ring (bicyclic) bond motifs is 1. The number of anilines is 1. The van der Waals surface area contributed by atoms with Gasteiger partial charge in [-0.15, -0.1) is 0 Å². The Morgan fingerprint density at radius 2 is 2.05 bits per heavy atom. The van der Waals surface area contributed by atoms with Gasteiger partial charge in [-0.3, -0.25) is 4.98 Å². The summed E-state index contributed by atoms with van der Waals surface area (Å²) < 4.78 is 21.8. The average molecular weight is 295 g/mol. The number of pyridine rings is 1. The second-order valence-electron chi connectivity index (χ2n) is 4.16. The molecule has 2 rings (SSSR count). The summed E-state index contributed by atoms with van der Waals surface area (Å²) in [6.07, 6.45) is 1.24. The van der Waals surface area contributed by atoms with E-state index in [0.29, 0.717) is 16.6 Å². The first-order valence-corrected chi connectivity index (χ1v) is 7.45. The van der Waals surface area contributed by atoms with Gasteiger partial charge in [-0.25, -0.2) is 18.4 Å². The van der Waals surface area contributed by atoms with Crippen LogP contribution in [0.3, 0.4) is 0 Å². The zero-order chi connectivity index (χ0) is 14.8. The van der Waals surface area contributed by atoms with Gasteiger partial charge in [0.25, 0.3) is 0 Å². The van der Waals surface area contributed by atoms with Crippen molar-refractivity contribution in [3.8, 4) is 0 Å². The van der Waals surface area contributed by atoms with Crippen molar-refractivity contribution in [2.24, 2.45) is 5.14 Å². The summed E-state index contributed by atoms with van der Waals surface area (Å²) in [6, 6.07) is 6.99. The van der Waals surface area contributed by atoms with E-state index in [1.807, 2.05) is 0 Å². The number of aromatic carboxylic acids is 1. The van der Waals surface area contributed by atoms with Crippen LogP contribution in [-0.4, -0.2) is 36.8 Å². The van der Waals surface area contributed by atoms with Gasteiger partial charge < -0.3 is 10.4 Å². The Morgan fingerprint density at radius 3 is 2.70 bits per heavy atom. The highest BCUT2D eigenvalue weighted by Gasteiger charge is 2.14. The summed E-state index contributed by atoms with van der Waals surface area (Å²) in [5, 5.41) is 17.5. The van der Waals surface area contributed by atoms with Crippen molar-refractivity contribution in [3.63, 3.8) is 0 Å². The lowest BCUT2D eigenvalue weighted by Crippen LogP contribution is -2.23. The lowest BCUT2D eigenvalue weighted by Gasteiger charge is -2.11. The predicted molar refractivity (Wildman–Crippen MR) is 75.2 cm³/mol. The Morgan fingerprint density at radius 1 is 1.35 bits per heavy atom. The molecule has 1 heterocycles. The summed E-state index contributed by atoms with van der Waals surface area (Å²) in [7, 11) is -3.61. The SMILES string of the molecule is NS(=O)(=O)CCNc1c(C(=O)O)cnc2ccccc12. The van der Waals surface area contributed by atoms with E-state index < -0.39 is 16.0 Å². The first-order valence-electron chi connectivity index (χ1n) is 5.74. The Balaban J connectivity index is 2.42. The van der Waals surface area contributed by atoms with Gasteiger partial charge in [0, 0.05) is 18.1 Å². The van der Waals surface area contributed by atoms with Crippen LogP contribution in [0.5, 0.6) is 0 Å². The second kappa shape index (κ2) is 5.43. The first kappa shape index (κ1) is 14.2. The van der Waals surface area contributed by atoms with Crippen LogP contribution < -0.4 is 10.5 Å². The molecule has 106 valence electrons. The molecule has 0 aliphatic heterocycles. The number of primary sulfonamides is 1. The van der Waals surface area contributed by atoms with Crippen LogP contribution in [0, 0.1) is 0 Å². The van der Waals surface area contributed by atoms with Crippen molar-refractivity contribution in [1.82, 2.24) is 4.98 Å². The lowest BCUT2D eigenvalue weighted by molar-refractivity contribution is 0.0697. The molecule has 1 aromatic carbocycles. The fraction of sp³-hybridized carbons (Fsp3) is 0.167. The van der Waals surface area contributed by atoms with Crippen LogP contribution in [0.2, 0.25) is 0 Å².